The summed E-state index contributed by atoms with van der Waals surface area (Å²) in [4.78, 5) is 27.4. The zero-order valence-electron chi connectivity index (χ0n) is 12.8. The number of esters is 1. The molecule has 1 rings (SSSR count). The van der Waals surface area contributed by atoms with E-state index in [9.17, 15) is 9.59 Å². The smallest absolute Gasteiger partial charge is 0.338 e. The van der Waals surface area contributed by atoms with Gasteiger partial charge in [0.05, 0.1) is 5.56 Å². The summed E-state index contributed by atoms with van der Waals surface area (Å²) >= 11 is 0. The fourth-order valence-electron chi connectivity index (χ4n) is 1.44. The van der Waals surface area contributed by atoms with Crippen LogP contribution in [-0.2, 0) is 9.53 Å². The van der Waals surface area contributed by atoms with Crippen LogP contribution < -0.4 is 5.32 Å². The van der Waals surface area contributed by atoms with Gasteiger partial charge in [0.2, 0.25) is 0 Å². The van der Waals surface area contributed by atoms with E-state index in [1.54, 1.807) is 52.0 Å². The highest BCUT2D eigenvalue weighted by atomic mass is 16.6. The predicted molar refractivity (Wildman–Crippen MR) is 83.5 cm³/mol. The summed E-state index contributed by atoms with van der Waals surface area (Å²) in [5, 5.41) is 2.67. The van der Waals surface area contributed by atoms with Gasteiger partial charge in [0.1, 0.15) is 11.3 Å². The predicted octanol–water partition coefficient (Wildman–Crippen LogP) is 3.18. The number of amides is 1. The molecule has 0 spiro atoms. The molecular weight excluding hydrogens is 268 g/mol. The molecule has 0 fully saturated rings. The monoisotopic (exact) mass is 288 g/mol. The van der Waals surface area contributed by atoms with Crippen molar-refractivity contribution in [3.8, 4) is 0 Å². The largest absolute Gasteiger partial charge is 0.456 e. The van der Waals surface area contributed by atoms with Crippen molar-refractivity contribution in [2.45, 2.75) is 33.3 Å². The number of carbonyl (C=O) groups is 2. The maximum absolute atomic E-state index is 11.8. The molecule has 0 heterocycles. The van der Waals surface area contributed by atoms with Gasteiger partial charge in [-0.3, -0.25) is 9.79 Å². The van der Waals surface area contributed by atoms with E-state index in [1.807, 2.05) is 0 Å². The molecule has 0 aromatic heterocycles. The Labute approximate surface area is 124 Å². The second-order valence-electron chi connectivity index (χ2n) is 5.43. The number of benzene rings is 1. The fourth-order valence-corrected chi connectivity index (χ4v) is 1.44. The van der Waals surface area contributed by atoms with Crippen LogP contribution in [0.15, 0.2) is 42.0 Å². The van der Waals surface area contributed by atoms with Crippen molar-refractivity contribution in [2.75, 3.05) is 5.32 Å². The van der Waals surface area contributed by atoms with Crippen LogP contribution in [0.2, 0.25) is 0 Å². The van der Waals surface area contributed by atoms with Gasteiger partial charge in [0.15, 0.2) is 0 Å². The minimum absolute atomic E-state index is 0.307. The number of rotatable bonds is 4. The summed E-state index contributed by atoms with van der Waals surface area (Å²) in [5.41, 5.74) is 0.772. The molecule has 112 valence electrons. The van der Waals surface area contributed by atoms with Gasteiger partial charge in [-0.1, -0.05) is 6.58 Å². The standard InChI is InChI=1S/C16H20N2O3/c1-6-17-11(2)14(19)18-13-9-7-12(8-10-13)15(20)21-16(3,4)5/h6-10H,1H2,2-5H3,(H,18,19)/b17-11+. The average Bonchev–Trinajstić information content (AvgIpc) is 2.37. The third-order valence-electron chi connectivity index (χ3n) is 2.39. The lowest BCUT2D eigenvalue weighted by Gasteiger charge is -2.19. The van der Waals surface area contributed by atoms with Crippen molar-refractivity contribution in [3.63, 3.8) is 0 Å². The molecule has 5 heteroatoms. The summed E-state index contributed by atoms with van der Waals surface area (Å²) < 4.78 is 5.26. The molecule has 1 N–H and O–H groups in total. The summed E-state index contributed by atoms with van der Waals surface area (Å²) in [6.07, 6.45) is 1.31. The topological polar surface area (TPSA) is 67.8 Å². The third-order valence-corrected chi connectivity index (χ3v) is 2.39. The van der Waals surface area contributed by atoms with E-state index in [4.69, 9.17) is 4.74 Å². The van der Waals surface area contributed by atoms with Gasteiger partial charge < -0.3 is 10.1 Å². The molecule has 0 unspecified atom stereocenters. The number of aliphatic imine (C=N–C) groups is 1. The molecule has 21 heavy (non-hydrogen) atoms. The van der Waals surface area contributed by atoms with Crippen molar-refractivity contribution in [1.82, 2.24) is 0 Å². The Kier molecular flexibility index (Phi) is 5.41. The number of ether oxygens (including phenoxy) is 1. The van der Waals surface area contributed by atoms with Crippen molar-refractivity contribution < 1.29 is 14.3 Å². The van der Waals surface area contributed by atoms with Gasteiger partial charge in [-0.05, 0) is 52.0 Å². The van der Waals surface area contributed by atoms with Crippen LogP contribution in [0, 0.1) is 0 Å². The van der Waals surface area contributed by atoms with Crippen molar-refractivity contribution in [2.24, 2.45) is 4.99 Å². The highest BCUT2D eigenvalue weighted by molar-refractivity contribution is 6.42. The molecule has 5 nitrogen and oxygen atoms in total. The van der Waals surface area contributed by atoms with E-state index in [0.717, 1.165) is 0 Å². The average molecular weight is 288 g/mol. The maximum atomic E-state index is 11.8. The second kappa shape index (κ2) is 6.83. The zero-order chi connectivity index (χ0) is 16.0. The molecule has 0 aliphatic rings. The Morgan fingerprint density at radius 1 is 1.24 bits per heavy atom. The molecule has 0 radical (unpaired) electrons. The molecule has 1 aromatic carbocycles. The van der Waals surface area contributed by atoms with Crippen LogP contribution in [0.3, 0.4) is 0 Å². The summed E-state index contributed by atoms with van der Waals surface area (Å²) in [5.74, 6) is -0.718. The number of hydrogen-bond acceptors (Lipinski definition) is 4. The fraction of sp³-hybridized carbons (Fsp3) is 0.312. The molecule has 0 bridgehead atoms. The number of nitrogens with one attached hydrogen (secondary N) is 1. The third kappa shape index (κ3) is 5.60. The first-order valence-electron chi connectivity index (χ1n) is 6.53. The Morgan fingerprint density at radius 3 is 2.29 bits per heavy atom. The number of anilines is 1. The summed E-state index contributed by atoms with van der Waals surface area (Å²) in [7, 11) is 0. The molecule has 0 atom stereocenters. The Balaban J connectivity index is 2.75. The summed E-state index contributed by atoms with van der Waals surface area (Å²) in [6, 6.07) is 6.48. The quantitative estimate of drug-likeness (QED) is 0.683. The molecular formula is C16H20N2O3. The van der Waals surface area contributed by atoms with E-state index < -0.39 is 11.6 Å². The first kappa shape index (κ1) is 16.6. The minimum Gasteiger partial charge on any atom is -0.456 e. The Bertz CT molecular complexity index is 566. The lowest BCUT2D eigenvalue weighted by molar-refractivity contribution is -0.110. The van der Waals surface area contributed by atoms with Crippen LogP contribution in [0.1, 0.15) is 38.1 Å². The number of hydrogen-bond donors (Lipinski definition) is 1. The van der Waals surface area contributed by atoms with Gasteiger partial charge in [-0.2, -0.15) is 0 Å². The van der Waals surface area contributed by atoms with E-state index >= 15 is 0 Å². The lowest BCUT2D eigenvalue weighted by atomic mass is 10.1. The van der Waals surface area contributed by atoms with Crippen molar-refractivity contribution in [1.29, 1.82) is 0 Å². The maximum Gasteiger partial charge on any atom is 0.338 e. The lowest BCUT2D eigenvalue weighted by Crippen LogP contribution is -2.24. The van der Waals surface area contributed by atoms with Crippen LogP contribution in [0.5, 0.6) is 0 Å². The van der Waals surface area contributed by atoms with Gasteiger partial charge in [0.25, 0.3) is 5.91 Å². The molecule has 0 aliphatic carbocycles. The highest BCUT2D eigenvalue weighted by Crippen LogP contribution is 2.14. The zero-order valence-corrected chi connectivity index (χ0v) is 12.8. The van der Waals surface area contributed by atoms with Gasteiger partial charge >= 0.3 is 5.97 Å². The van der Waals surface area contributed by atoms with E-state index in [1.165, 1.54) is 6.20 Å². The summed E-state index contributed by atoms with van der Waals surface area (Å²) in [6.45, 7) is 10.4. The Morgan fingerprint density at radius 2 is 1.81 bits per heavy atom. The molecule has 1 amide bonds. The normalized spacial score (nSPS) is 11.7. The highest BCUT2D eigenvalue weighted by Gasteiger charge is 2.17. The molecule has 1 aromatic rings. The Hall–Kier alpha value is -2.43. The number of nitrogens with zero attached hydrogens (tertiary/aromatic N) is 1. The van der Waals surface area contributed by atoms with Gasteiger partial charge in [0, 0.05) is 11.9 Å². The van der Waals surface area contributed by atoms with E-state index in [2.05, 4.69) is 16.9 Å². The van der Waals surface area contributed by atoms with Crippen LogP contribution in [0.4, 0.5) is 5.69 Å². The van der Waals surface area contributed by atoms with E-state index in [0.29, 0.717) is 17.0 Å². The minimum atomic E-state index is -0.539. The van der Waals surface area contributed by atoms with Crippen molar-refractivity contribution in [3.05, 3.63) is 42.6 Å². The first-order valence-corrected chi connectivity index (χ1v) is 6.53. The first-order chi connectivity index (χ1) is 9.73. The van der Waals surface area contributed by atoms with Crippen LogP contribution in [-0.4, -0.2) is 23.2 Å². The number of carbonyl (C=O) groups excluding carboxylic acids is 2. The SMILES string of the molecule is C=C/N=C(\C)C(=O)Nc1ccc(C(=O)OC(C)(C)C)cc1. The second-order valence-corrected chi connectivity index (χ2v) is 5.43. The van der Waals surface area contributed by atoms with Gasteiger partial charge in [-0.25, -0.2) is 4.79 Å². The van der Waals surface area contributed by atoms with Gasteiger partial charge in [-0.15, -0.1) is 0 Å². The molecule has 0 aliphatic heterocycles. The van der Waals surface area contributed by atoms with Crippen LogP contribution in [0.25, 0.3) is 0 Å². The van der Waals surface area contributed by atoms with Crippen molar-refractivity contribution >= 4 is 23.3 Å². The molecule has 0 saturated carbocycles. The van der Waals surface area contributed by atoms with Crippen LogP contribution >= 0.6 is 0 Å². The molecule has 0 saturated heterocycles. The van der Waals surface area contributed by atoms with E-state index in [-0.39, 0.29) is 5.91 Å².